The second-order valence-electron chi connectivity index (χ2n) is 4.95. The van der Waals surface area contributed by atoms with Crippen LogP contribution in [-0.4, -0.2) is 45.9 Å². The molecule has 1 atom stereocenters. The van der Waals surface area contributed by atoms with Crippen LogP contribution in [0.5, 0.6) is 0 Å². The van der Waals surface area contributed by atoms with Crippen molar-refractivity contribution in [3.05, 3.63) is 5.89 Å². The van der Waals surface area contributed by atoms with E-state index in [2.05, 4.69) is 20.4 Å². The molecule has 6 nitrogen and oxygen atoms in total. The normalized spacial score (nSPS) is 17.9. The number of carbonyl (C=O) groups excluding carboxylic acids is 1. The number of rotatable bonds is 6. The molecule has 112 valence electrons. The Labute approximate surface area is 123 Å². The van der Waals surface area contributed by atoms with E-state index in [0.717, 1.165) is 13.1 Å². The van der Waals surface area contributed by atoms with Gasteiger partial charge in [-0.3, -0.25) is 9.69 Å². The molecule has 0 saturated carbocycles. The van der Waals surface area contributed by atoms with Crippen molar-refractivity contribution < 1.29 is 9.21 Å². The van der Waals surface area contributed by atoms with Crippen molar-refractivity contribution in [3.63, 3.8) is 0 Å². The van der Waals surface area contributed by atoms with Crippen LogP contribution in [0.2, 0.25) is 0 Å². The van der Waals surface area contributed by atoms with Crippen LogP contribution in [0.1, 0.15) is 39.0 Å². The Balaban J connectivity index is 1.83. The summed E-state index contributed by atoms with van der Waals surface area (Å²) in [7, 11) is 0. The van der Waals surface area contributed by atoms with Crippen LogP contribution in [0.4, 0.5) is 0 Å². The Morgan fingerprint density at radius 3 is 2.85 bits per heavy atom. The Hall–Kier alpha value is -1.08. The molecule has 0 radical (unpaired) electrons. The molecule has 20 heavy (non-hydrogen) atoms. The molecular weight excluding hydrogens is 276 g/mol. The minimum absolute atomic E-state index is 0.00622. The van der Waals surface area contributed by atoms with Gasteiger partial charge in [-0.15, -0.1) is 10.2 Å². The zero-order valence-corrected chi connectivity index (χ0v) is 12.9. The van der Waals surface area contributed by atoms with Crippen LogP contribution in [-0.2, 0) is 11.3 Å². The summed E-state index contributed by atoms with van der Waals surface area (Å²) in [4.78, 5) is 14.0. The Kier molecular flexibility index (Phi) is 5.85. The largest absolute Gasteiger partial charge is 0.415 e. The van der Waals surface area contributed by atoms with Gasteiger partial charge < -0.3 is 9.73 Å². The molecule has 0 aromatic carbocycles. The number of piperidine rings is 1. The van der Waals surface area contributed by atoms with E-state index in [1.807, 2.05) is 13.8 Å². The summed E-state index contributed by atoms with van der Waals surface area (Å²) >= 11 is 1.30. The Morgan fingerprint density at radius 1 is 1.40 bits per heavy atom. The average molecular weight is 298 g/mol. The van der Waals surface area contributed by atoms with Crippen LogP contribution in [0.3, 0.4) is 0 Å². The maximum absolute atomic E-state index is 11.6. The number of aromatic nitrogens is 2. The zero-order chi connectivity index (χ0) is 14.4. The molecule has 1 aromatic heterocycles. The van der Waals surface area contributed by atoms with Gasteiger partial charge in [0, 0.05) is 6.54 Å². The van der Waals surface area contributed by atoms with Crippen LogP contribution < -0.4 is 5.32 Å². The molecule has 1 aromatic rings. The van der Waals surface area contributed by atoms with Gasteiger partial charge in [-0.1, -0.05) is 18.2 Å². The predicted octanol–water partition coefficient (Wildman–Crippen LogP) is 1.67. The van der Waals surface area contributed by atoms with Crippen LogP contribution in [0, 0.1) is 0 Å². The van der Waals surface area contributed by atoms with E-state index in [9.17, 15) is 4.79 Å². The van der Waals surface area contributed by atoms with Crippen LogP contribution in [0.25, 0.3) is 0 Å². The smallest absolute Gasteiger partial charge is 0.277 e. The van der Waals surface area contributed by atoms with Gasteiger partial charge >= 0.3 is 0 Å². The first-order chi connectivity index (χ1) is 9.69. The standard InChI is InChI=1S/C13H22N4O2S/c1-3-14-12(18)10(2)20-13-16-15-11(19-13)9-17-7-5-4-6-8-17/h10H,3-9H2,1-2H3,(H,14,18)/t10-/m0/s1. The molecule has 0 aliphatic carbocycles. The predicted molar refractivity (Wildman–Crippen MR) is 77.4 cm³/mol. The number of carbonyl (C=O) groups is 1. The highest BCUT2D eigenvalue weighted by atomic mass is 32.2. The van der Waals surface area contributed by atoms with Crippen molar-refractivity contribution in [1.82, 2.24) is 20.4 Å². The number of nitrogens with one attached hydrogen (secondary N) is 1. The van der Waals surface area contributed by atoms with E-state index in [1.165, 1.54) is 31.0 Å². The molecule has 1 amide bonds. The van der Waals surface area contributed by atoms with Crippen molar-refractivity contribution in [2.75, 3.05) is 19.6 Å². The summed E-state index contributed by atoms with van der Waals surface area (Å²) in [6.45, 7) is 7.28. The fourth-order valence-electron chi connectivity index (χ4n) is 2.18. The minimum Gasteiger partial charge on any atom is -0.415 e. The van der Waals surface area contributed by atoms with E-state index in [4.69, 9.17) is 4.42 Å². The highest BCUT2D eigenvalue weighted by molar-refractivity contribution is 8.00. The average Bonchev–Trinajstić information content (AvgIpc) is 2.87. The Bertz CT molecular complexity index is 432. The highest BCUT2D eigenvalue weighted by Crippen LogP contribution is 2.22. The quantitative estimate of drug-likeness (QED) is 0.806. The lowest BCUT2D eigenvalue weighted by molar-refractivity contribution is -0.120. The lowest BCUT2D eigenvalue weighted by Crippen LogP contribution is -2.30. The number of likely N-dealkylation sites (tertiary alicyclic amines) is 1. The number of hydrogen-bond donors (Lipinski definition) is 1. The van der Waals surface area contributed by atoms with E-state index >= 15 is 0 Å². The first kappa shape index (κ1) is 15.3. The van der Waals surface area contributed by atoms with Crippen molar-refractivity contribution in [2.45, 2.75) is 50.1 Å². The lowest BCUT2D eigenvalue weighted by atomic mass is 10.1. The molecule has 1 saturated heterocycles. The summed E-state index contributed by atoms with van der Waals surface area (Å²) in [5.41, 5.74) is 0. The van der Waals surface area contributed by atoms with Crippen LogP contribution in [0.15, 0.2) is 9.64 Å². The number of hydrogen-bond acceptors (Lipinski definition) is 6. The number of amides is 1. The summed E-state index contributed by atoms with van der Waals surface area (Å²) in [5.74, 6) is 0.630. The fourth-order valence-corrected chi connectivity index (χ4v) is 2.91. The molecule has 0 unspecified atom stereocenters. The lowest BCUT2D eigenvalue weighted by Gasteiger charge is -2.24. The second-order valence-corrected chi connectivity index (χ2v) is 6.25. The molecule has 0 spiro atoms. The monoisotopic (exact) mass is 298 g/mol. The van der Waals surface area contributed by atoms with Gasteiger partial charge in [-0.25, -0.2) is 0 Å². The van der Waals surface area contributed by atoms with Gasteiger partial charge in [-0.05, 0) is 39.8 Å². The number of thioether (sulfide) groups is 1. The van der Waals surface area contributed by atoms with Gasteiger partial charge in [-0.2, -0.15) is 0 Å². The molecule has 1 aliphatic rings. The Morgan fingerprint density at radius 2 is 2.15 bits per heavy atom. The fraction of sp³-hybridized carbons (Fsp3) is 0.769. The summed E-state index contributed by atoms with van der Waals surface area (Å²) in [6, 6.07) is 0. The first-order valence-electron chi connectivity index (χ1n) is 7.18. The van der Waals surface area contributed by atoms with Crippen molar-refractivity contribution in [2.24, 2.45) is 0 Å². The molecule has 2 heterocycles. The van der Waals surface area contributed by atoms with Gasteiger partial charge in [0.15, 0.2) is 0 Å². The van der Waals surface area contributed by atoms with Crippen molar-refractivity contribution in [3.8, 4) is 0 Å². The summed E-state index contributed by atoms with van der Waals surface area (Å²) in [5, 5.41) is 11.1. The second kappa shape index (κ2) is 7.64. The zero-order valence-electron chi connectivity index (χ0n) is 12.1. The molecular formula is C13H22N4O2S. The maximum atomic E-state index is 11.6. The van der Waals surface area contributed by atoms with Gasteiger partial charge in [0.2, 0.25) is 11.8 Å². The summed E-state index contributed by atoms with van der Waals surface area (Å²) in [6.07, 6.45) is 3.79. The van der Waals surface area contributed by atoms with Crippen molar-refractivity contribution >= 4 is 17.7 Å². The van der Waals surface area contributed by atoms with E-state index < -0.39 is 0 Å². The minimum atomic E-state index is -0.224. The maximum Gasteiger partial charge on any atom is 0.277 e. The molecule has 7 heteroatoms. The third-order valence-electron chi connectivity index (χ3n) is 3.25. The van der Waals surface area contributed by atoms with Gasteiger partial charge in [0.05, 0.1) is 11.8 Å². The highest BCUT2D eigenvalue weighted by Gasteiger charge is 2.19. The molecule has 1 fully saturated rings. The first-order valence-corrected chi connectivity index (χ1v) is 8.06. The van der Waals surface area contributed by atoms with E-state index in [-0.39, 0.29) is 11.2 Å². The SMILES string of the molecule is CCNC(=O)[C@H](C)Sc1nnc(CN2CCCCC2)o1. The molecule has 2 rings (SSSR count). The summed E-state index contributed by atoms with van der Waals surface area (Å²) < 4.78 is 5.60. The third kappa shape index (κ3) is 4.49. The molecule has 1 aliphatic heterocycles. The van der Waals surface area contributed by atoms with Crippen molar-refractivity contribution in [1.29, 1.82) is 0 Å². The topological polar surface area (TPSA) is 71.3 Å². The van der Waals surface area contributed by atoms with E-state index in [0.29, 0.717) is 24.2 Å². The molecule has 1 N–H and O–H groups in total. The third-order valence-corrected chi connectivity index (χ3v) is 4.19. The van der Waals surface area contributed by atoms with Gasteiger partial charge in [0.1, 0.15) is 0 Å². The van der Waals surface area contributed by atoms with E-state index in [1.54, 1.807) is 0 Å². The molecule has 0 bridgehead atoms. The number of nitrogens with zero attached hydrogens (tertiary/aromatic N) is 3. The van der Waals surface area contributed by atoms with Crippen LogP contribution >= 0.6 is 11.8 Å². The van der Waals surface area contributed by atoms with Gasteiger partial charge in [0.25, 0.3) is 5.22 Å².